The molecule has 0 spiro atoms. The highest BCUT2D eigenvalue weighted by atomic mass is 32.2. The first-order valence-electron chi connectivity index (χ1n) is 4.20. The molecule has 1 saturated heterocycles. The molecule has 80 valence electrons. The molecule has 0 aliphatic carbocycles. The smallest absolute Gasteiger partial charge is 0.334 e. The second kappa shape index (κ2) is 3.85. The molecule has 7 heteroatoms. The van der Waals surface area contributed by atoms with E-state index in [4.69, 9.17) is 4.42 Å². The van der Waals surface area contributed by atoms with Gasteiger partial charge in [0.25, 0.3) is 0 Å². The second-order valence-corrected chi connectivity index (χ2v) is 3.74. The molecule has 0 atom stereocenters. The van der Waals surface area contributed by atoms with Crippen LogP contribution in [0.3, 0.4) is 0 Å². The van der Waals surface area contributed by atoms with E-state index in [-0.39, 0.29) is 5.88 Å². The zero-order chi connectivity index (χ0) is 10.8. The molecule has 0 unspecified atom stereocenters. The minimum Gasteiger partial charge on any atom is -0.448 e. The van der Waals surface area contributed by atoms with Crippen molar-refractivity contribution in [3.63, 3.8) is 0 Å². The van der Waals surface area contributed by atoms with E-state index >= 15 is 0 Å². The molecule has 0 bridgehead atoms. The van der Waals surface area contributed by atoms with E-state index in [1.165, 1.54) is 18.0 Å². The lowest BCUT2D eigenvalue weighted by molar-refractivity contribution is 0.223. The third-order valence-corrected chi connectivity index (χ3v) is 2.58. The lowest BCUT2D eigenvalue weighted by Crippen LogP contribution is -2.62. The summed E-state index contributed by atoms with van der Waals surface area (Å²) in [6.45, 7) is 0. The Morgan fingerprint density at radius 2 is 2.07 bits per heavy atom. The number of furan rings is 1. The van der Waals surface area contributed by atoms with Crippen molar-refractivity contribution in [2.45, 2.75) is 5.50 Å². The third kappa shape index (κ3) is 1.78. The van der Waals surface area contributed by atoms with Gasteiger partial charge in [0.1, 0.15) is 0 Å². The second-order valence-electron chi connectivity index (χ2n) is 2.80. The monoisotopic (exact) mass is 227 g/mol. The maximum atomic E-state index is 11.6. The number of nitrogens with zero attached hydrogens (tertiary/aromatic N) is 1. The Labute approximate surface area is 90.0 Å². The van der Waals surface area contributed by atoms with E-state index in [9.17, 15) is 9.59 Å². The number of anilines is 1. The van der Waals surface area contributed by atoms with Gasteiger partial charge < -0.3 is 15.1 Å². The summed E-state index contributed by atoms with van der Waals surface area (Å²) in [6, 6.07) is 2.16. The Morgan fingerprint density at radius 1 is 1.40 bits per heavy atom. The topological polar surface area (TPSA) is 74.6 Å². The number of hydrogen-bond donors (Lipinski definition) is 2. The number of urea groups is 2. The van der Waals surface area contributed by atoms with Gasteiger partial charge in [-0.1, -0.05) is 0 Å². The van der Waals surface area contributed by atoms with E-state index in [1.807, 2.05) is 0 Å². The standard InChI is InChI=1S/C8H9N3O3S/c1-15-6-9-7(12)11(8(13)10-6)5-3-2-4-14-5/h2-4,6H,1H3,(H,9,12)(H,10,13). The van der Waals surface area contributed by atoms with E-state index in [0.29, 0.717) is 0 Å². The Balaban J connectivity index is 2.21. The van der Waals surface area contributed by atoms with Gasteiger partial charge in [-0.3, -0.25) is 0 Å². The van der Waals surface area contributed by atoms with E-state index in [0.717, 1.165) is 4.90 Å². The van der Waals surface area contributed by atoms with Crippen molar-refractivity contribution in [1.29, 1.82) is 0 Å². The summed E-state index contributed by atoms with van der Waals surface area (Å²) in [5, 5.41) is 5.19. The van der Waals surface area contributed by atoms with Crippen LogP contribution in [0.5, 0.6) is 0 Å². The number of carbonyl (C=O) groups excluding carboxylic acids is 2. The van der Waals surface area contributed by atoms with Crippen molar-refractivity contribution in [3.8, 4) is 0 Å². The first kappa shape index (κ1) is 9.91. The molecule has 4 amide bonds. The lowest BCUT2D eigenvalue weighted by Gasteiger charge is -2.29. The van der Waals surface area contributed by atoms with Gasteiger partial charge in [-0.2, -0.15) is 4.90 Å². The quantitative estimate of drug-likeness (QED) is 0.795. The highest BCUT2D eigenvalue weighted by Gasteiger charge is 2.33. The zero-order valence-electron chi connectivity index (χ0n) is 7.89. The number of amides is 4. The van der Waals surface area contributed by atoms with Crippen LogP contribution in [0.4, 0.5) is 15.5 Å². The number of nitrogens with one attached hydrogen (secondary N) is 2. The van der Waals surface area contributed by atoms with Crippen LogP contribution < -0.4 is 15.5 Å². The summed E-state index contributed by atoms with van der Waals surface area (Å²) in [5.74, 6) is 0.199. The summed E-state index contributed by atoms with van der Waals surface area (Å²) in [6.07, 6.45) is 3.18. The molecule has 2 N–H and O–H groups in total. The molecule has 0 aromatic carbocycles. The molecule has 1 aliphatic heterocycles. The van der Waals surface area contributed by atoms with Gasteiger partial charge in [-0.15, -0.1) is 11.8 Å². The minimum absolute atomic E-state index is 0.199. The van der Waals surface area contributed by atoms with Crippen molar-refractivity contribution >= 4 is 29.7 Å². The van der Waals surface area contributed by atoms with Crippen LogP contribution in [0.1, 0.15) is 0 Å². The first-order valence-corrected chi connectivity index (χ1v) is 5.48. The average Bonchev–Trinajstić information content (AvgIpc) is 2.69. The molecule has 1 aromatic heterocycles. The fourth-order valence-corrected chi connectivity index (χ4v) is 1.63. The Bertz CT molecular complexity index is 360. The van der Waals surface area contributed by atoms with E-state index < -0.39 is 17.6 Å². The number of rotatable bonds is 2. The van der Waals surface area contributed by atoms with Crippen LogP contribution in [0, 0.1) is 0 Å². The summed E-state index contributed by atoms with van der Waals surface area (Å²) >= 11 is 1.33. The molecular formula is C8H9N3O3S. The van der Waals surface area contributed by atoms with E-state index in [1.54, 1.807) is 18.4 Å². The summed E-state index contributed by atoms with van der Waals surface area (Å²) in [4.78, 5) is 24.0. The van der Waals surface area contributed by atoms with Gasteiger partial charge in [0.15, 0.2) is 5.50 Å². The fourth-order valence-electron chi connectivity index (χ4n) is 1.20. The predicted octanol–water partition coefficient (Wildman–Crippen LogP) is 1.17. The Hall–Kier alpha value is -1.63. The van der Waals surface area contributed by atoms with Crippen LogP contribution >= 0.6 is 11.8 Å². The van der Waals surface area contributed by atoms with Crippen molar-refractivity contribution in [2.75, 3.05) is 11.2 Å². The normalized spacial score (nSPS) is 17.5. The Morgan fingerprint density at radius 3 is 2.53 bits per heavy atom. The molecular weight excluding hydrogens is 218 g/mol. The molecule has 2 rings (SSSR count). The molecule has 0 saturated carbocycles. The molecule has 15 heavy (non-hydrogen) atoms. The van der Waals surface area contributed by atoms with Crippen LogP contribution in [-0.2, 0) is 0 Å². The molecule has 1 aliphatic rings. The Kier molecular flexibility index (Phi) is 2.55. The largest absolute Gasteiger partial charge is 0.448 e. The van der Waals surface area contributed by atoms with Crippen LogP contribution in [-0.4, -0.2) is 23.8 Å². The van der Waals surface area contributed by atoms with Crippen molar-refractivity contribution in [2.24, 2.45) is 0 Å². The summed E-state index contributed by atoms with van der Waals surface area (Å²) in [7, 11) is 0. The number of imide groups is 1. The maximum Gasteiger partial charge on any atom is 0.334 e. The van der Waals surface area contributed by atoms with Gasteiger partial charge >= 0.3 is 12.1 Å². The minimum atomic E-state index is -0.493. The van der Waals surface area contributed by atoms with Gasteiger partial charge in [-0.25, -0.2) is 9.59 Å². The average molecular weight is 227 g/mol. The van der Waals surface area contributed by atoms with Crippen LogP contribution in [0.2, 0.25) is 0 Å². The fraction of sp³-hybridized carbons (Fsp3) is 0.250. The van der Waals surface area contributed by atoms with Gasteiger partial charge in [0, 0.05) is 6.07 Å². The third-order valence-electron chi connectivity index (χ3n) is 1.88. The van der Waals surface area contributed by atoms with Crippen LogP contribution in [0.25, 0.3) is 0 Å². The van der Waals surface area contributed by atoms with Gasteiger partial charge in [0.05, 0.1) is 6.26 Å². The van der Waals surface area contributed by atoms with Crippen LogP contribution in [0.15, 0.2) is 22.8 Å². The lowest BCUT2D eigenvalue weighted by atomic mass is 10.5. The number of carbonyl (C=O) groups is 2. The highest BCUT2D eigenvalue weighted by Crippen LogP contribution is 2.18. The molecule has 0 radical (unpaired) electrons. The highest BCUT2D eigenvalue weighted by molar-refractivity contribution is 7.99. The molecule has 1 aromatic rings. The maximum absolute atomic E-state index is 11.6. The summed E-state index contributed by atoms with van der Waals surface area (Å²) in [5.41, 5.74) is -0.392. The zero-order valence-corrected chi connectivity index (χ0v) is 8.71. The van der Waals surface area contributed by atoms with Gasteiger partial charge in [0.2, 0.25) is 5.88 Å². The van der Waals surface area contributed by atoms with Crippen molar-refractivity contribution < 1.29 is 14.0 Å². The summed E-state index contributed by atoms with van der Waals surface area (Å²) < 4.78 is 4.98. The number of hydrogen-bond acceptors (Lipinski definition) is 4. The van der Waals surface area contributed by atoms with Crippen molar-refractivity contribution in [3.05, 3.63) is 18.4 Å². The molecule has 2 heterocycles. The molecule has 1 fully saturated rings. The predicted molar refractivity (Wildman–Crippen MR) is 55.6 cm³/mol. The van der Waals surface area contributed by atoms with E-state index in [2.05, 4.69) is 10.6 Å². The van der Waals surface area contributed by atoms with Crippen molar-refractivity contribution in [1.82, 2.24) is 10.6 Å². The van der Waals surface area contributed by atoms with Gasteiger partial charge in [-0.05, 0) is 12.3 Å². The molecule has 6 nitrogen and oxygen atoms in total. The SMILES string of the molecule is CSC1NC(=O)N(c2ccco2)C(=O)N1. The first-order chi connectivity index (χ1) is 7.22. The number of thioether (sulfide) groups is 1.